The summed E-state index contributed by atoms with van der Waals surface area (Å²) < 4.78 is 29.1. The van der Waals surface area contributed by atoms with Crippen molar-refractivity contribution in [2.75, 3.05) is 18.2 Å². The van der Waals surface area contributed by atoms with Crippen molar-refractivity contribution in [3.05, 3.63) is 52.1 Å². The summed E-state index contributed by atoms with van der Waals surface area (Å²) in [5, 5.41) is 2.71. The lowest BCUT2D eigenvalue weighted by atomic mass is 10.3. The van der Waals surface area contributed by atoms with E-state index in [1.807, 2.05) is 12.1 Å². The number of sulfone groups is 1. The first-order valence-corrected chi connectivity index (χ1v) is 9.30. The Balaban J connectivity index is 1.89. The zero-order valence-corrected chi connectivity index (χ0v) is 14.7. The molecule has 0 fully saturated rings. The van der Waals surface area contributed by atoms with Gasteiger partial charge in [-0.25, -0.2) is 8.42 Å². The molecule has 7 heteroatoms. The van der Waals surface area contributed by atoms with Gasteiger partial charge < -0.3 is 10.1 Å². The molecule has 2 aromatic carbocycles. The maximum absolute atomic E-state index is 11.8. The molecule has 0 saturated heterocycles. The lowest BCUT2D eigenvalue weighted by molar-refractivity contribution is -0.118. The van der Waals surface area contributed by atoms with Gasteiger partial charge in [-0.15, -0.1) is 0 Å². The van der Waals surface area contributed by atoms with Crippen LogP contribution in [-0.4, -0.2) is 27.2 Å². The van der Waals surface area contributed by atoms with Gasteiger partial charge in [0.25, 0.3) is 5.91 Å². The highest BCUT2D eigenvalue weighted by atomic mass is 127. The number of rotatable bonds is 5. The molecular weight excluding hydrogens is 417 g/mol. The molecule has 0 aliphatic rings. The number of anilines is 1. The molecule has 5 nitrogen and oxygen atoms in total. The Labute approximate surface area is 142 Å². The van der Waals surface area contributed by atoms with E-state index in [2.05, 4.69) is 27.9 Å². The Bertz CT molecular complexity index is 755. The van der Waals surface area contributed by atoms with Crippen LogP contribution in [0.15, 0.2) is 53.4 Å². The molecule has 22 heavy (non-hydrogen) atoms. The predicted octanol–water partition coefficient (Wildman–Crippen LogP) is 2.71. The van der Waals surface area contributed by atoms with Crippen LogP contribution in [0.1, 0.15) is 0 Å². The number of carbonyl (C=O) groups is 1. The van der Waals surface area contributed by atoms with E-state index in [-0.39, 0.29) is 17.4 Å². The number of benzene rings is 2. The van der Waals surface area contributed by atoms with Gasteiger partial charge >= 0.3 is 0 Å². The molecule has 0 atom stereocenters. The van der Waals surface area contributed by atoms with Crippen molar-refractivity contribution in [2.45, 2.75) is 4.90 Å². The van der Waals surface area contributed by atoms with Crippen LogP contribution in [0.4, 0.5) is 5.69 Å². The van der Waals surface area contributed by atoms with E-state index < -0.39 is 9.84 Å². The molecule has 0 spiro atoms. The summed E-state index contributed by atoms with van der Waals surface area (Å²) in [6, 6.07) is 13.3. The maximum atomic E-state index is 11.8. The summed E-state index contributed by atoms with van der Waals surface area (Å²) in [4.78, 5) is 12.0. The fourth-order valence-electron chi connectivity index (χ4n) is 1.66. The molecule has 0 unspecified atom stereocenters. The predicted molar refractivity (Wildman–Crippen MR) is 92.8 cm³/mol. The molecule has 1 N–H and O–H groups in total. The molecule has 1 amide bonds. The van der Waals surface area contributed by atoms with E-state index in [0.29, 0.717) is 11.4 Å². The zero-order valence-electron chi connectivity index (χ0n) is 11.7. The van der Waals surface area contributed by atoms with Crippen LogP contribution in [-0.2, 0) is 14.6 Å². The van der Waals surface area contributed by atoms with Crippen LogP contribution in [0.3, 0.4) is 0 Å². The van der Waals surface area contributed by atoms with E-state index in [4.69, 9.17) is 4.74 Å². The second-order valence-corrected chi connectivity index (χ2v) is 7.85. The van der Waals surface area contributed by atoms with Crippen molar-refractivity contribution in [1.82, 2.24) is 0 Å². The van der Waals surface area contributed by atoms with Gasteiger partial charge in [-0.05, 0) is 71.1 Å². The van der Waals surface area contributed by atoms with Crippen molar-refractivity contribution in [3.63, 3.8) is 0 Å². The van der Waals surface area contributed by atoms with E-state index in [9.17, 15) is 13.2 Å². The number of nitrogens with one attached hydrogen (secondary N) is 1. The number of hydrogen-bond donors (Lipinski definition) is 1. The number of amides is 1. The van der Waals surface area contributed by atoms with Gasteiger partial charge in [0, 0.05) is 15.5 Å². The summed E-state index contributed by atoms with van der Waals surface area (Å²) in [5.74, 6) is 0.151. The minimum Gasteiger partial charge on any atom is -0.484 e. The molecule has 0 aromatic heterocycles. The Morgan fingerprint density at radius 1 is 1.09 bits per heavy atom. The van der Waals surface area contributed by atoms with Gasteiger partial charge in [-0.3, -0.25) is 4.79 Å². The van der Waals surface area contributed by atoms with Crippen LogP contribution in [0, 0.1) is 3.57 Å². The summed E-state index contributed by atoms with van der Waals surface area (Å²) >= 11 is 2.18. The normalized spacial score (nSPS) is 11.0. The van der Waals surface area contributed by atoms with Crippen LogP contribution < -0.4 is 10.1 Å². The van der Waals surface area contributed by atoms with Crippen molar-refractivity contribution in [1.29, 1.82) is 0 Å². The van der Waals surface area contributed by atoms with Crippen LogP contribution in [0.5, 0.6) is 5.75 Å². The summed E-state index contributed by atoms with van der Waals surface area (Å²) in [5.41, 5.74) is 0.696. The van der Waals surface area contributed by atoms with Crippen LogP contribution in [0.2, 0.25) is 0 Å². The lowest BCUT2D eigenvalue weighted by Crippen LogP contribution is -2.20. The van der Waals surface area contributed by atoms with Crippen LogP contribution in [0.25, 0.3) is 0 Å². The van der Waals surface area contributed by atoms with Gasteiger partial charge in [0.05, 0.1) is 4.90 Å². The molecule has 0 aliphatic carbocycles. The van der Waals surface area contributed by atoms with Gasteiger partial charge in [-0.1, -0.05) is 0 Å². The molecular formula is C15H14INO4S. The number of carbonyl (C=O) groups excluding carboxylic acids is 1. The number of halogens is 1. The van der Waals surface area contributed by atoms with Crippen molar-refractivity contribution in [3.8, 4) is 5.75 Å². The Kier molecular flexibility index (Phi) is 5.41. The summed E-state index contributed by atoms with van der Waals surface area (Å²) in [6.45, 7) is -0.149. The van der Waals surface area contributed by atoms with Gasteiger partial charge in [0.15, 0.2) is 16.4 Å². The summed E-state index contributed by atoms with van der Waals surface area (Å²) in [6.07, 6.45) is 1.14. The van der Waals surface area contributed by atoms with E-state index in [1.165, 1.54) is 24.3 Å². The second-order valence-electron chi connectivity index (χ2n) is 4.59. The summed E-state index contributed by atoms with van der Waals surface area (Å²) in [7, 11) is -3.23. The molecule has 0 heterocycles. The average molecular weight is 431 g/mol. The highest BCUT2D eigenvalue weighted by Gasteiger charge is 2.08. The second kappa shape index (κ2) is 7.10. The Hall–Kier alpha value is -1.61. The van der Waals surface area contributed by atoms with E-state index in [1.54, 1.807) is 12.1 Å². The van der Waals surface area contributed by atoms with E-state index in [0.717, 1.165) is 9.83 Å². The minimum absolute atomic E-state index is 0.149. The largest absolute Gasteiger partial charge is 0.484 e. The third-order valence-corrected chi connectivity index (χ3v) is 4.60. The average Bonchev–Trinajstić information content (AvgIpc) is 2.47. The smallest absolute Gasteiger partial charge is 0.262 e. The Morgan fingerprint density at radius 2 is 1.68 bits per heavy atom. The standard InChI is InChI=1S/C15H14INO4S/c1-22(19,20)14-8-6-13(7-9-14)21-10-15(18)17-12-4-2-11(16)3-5-12/h2-9H,10H2,1H3,(H,17,18). The highest BCUT2D eigenvalue weighted by Crippen LogP contribution is 2.16. The van der Waals surface area contributed by atoms with Crippen molar-refractivity contribution >= 4 is 44.0 Å². The zero-order chi connectivity index (χ0) is 16.2. The van der Waals surface area contributed by atoms with Gasteiger partial charge in [0.1, 0.15) is 5.75 Å². The molecule has 116 valence electrons. The quantitative estimate of drug-likeness (QED) is 0.740. The van der Waals surface area contributed by atoms with Crippen molar-refractivity contribution < 1.29 is 17.9 Å². The molecule has 0 aliphatic heterocycles. The van der Waals surface area contributed by atoms with Gasteiger partial charge in [-0.2, -0.15) is 0 Å². The number of hydrogen-bond acceptors (Lipinski definition) is 4. The third kappa shape index (κ3) is 4.99. The molecule has 0 bridgehead atoms. The minimum atomic E-state index is -3.23. The highest BCUT2D eigenvalue weighted by molar-refractivity contribution is 14.1. The third-order valence-electron chi connectivity index (χ3n) is 2.75. The molecule has 2 rings (SSSR count). The molecule has 2 aromatic rings. The SMILES string of the molecule is CS(=O)(=O)c1ccc(OCC(=O)Nc2ccc(I)cc2)cc1. The topological polar surface area (TPSA) is 72.5 Å². The molecule has 0 radical (unpaired) electrons. The first kappa shape index (κ1) is 16.8. The van der Waals surface area contributed by atoms with Crippen LogP contribution >= 0.6 is 22.6 Å². The monoisotopic (exact) mass is 431 g/mol. The fourth-order valence-corrected chi connectivity index (χ4v) is 2.65. The first-order valence-electron chi connectivity index (χ1n) is 6.33. The number of ether oxygens (including phenoxy) is 1. The van der Waals surface area contributed by atoms with Crippen molar-refractivity contribution in [2.24, 2.45) is 0 Å². The van der Waals surface area contributed by atoms with E-state index >= 15 is 0 Å². The Morgan fingerprint density at radius 3 is 2.23 bits per heavy atom. The van der Waals surface area contributed by atoms with Gasteiger partial charge in [0.2, 0.25) is 0 Å². The lowest BCUT2D eigenvalue weighted by Gasteiger charge is -2.08. The first-order chi connectivity index (χ1) is 10.3. The molecule has 0 saturated carbocycles. The maximum Gasteiger partial charge on any atom is 0.262 e. The fraction of sp³-hybridized carbons (Fsp3) is 0.133.